The topological polar surface area (TPSA) is 102 Å². The Morgan fingerprint density at radius 3 is 2.80 bits per heavy atom. The van der Waals surface area contributed by atoms with Crippen LogP contribution in [0.15, 0.2) is 0 Å². The van der Waals surface area contributed by atoms with Gasteiger partial charge < -0.3 is 20.9 Å². The fourth-order valence-corrected chi connectivity index (χ4v) is 1.63. The number of aliphatic carboxylic acids is 1. The number of ether oxygens (including phenoxy) is 1. The zero-order valence-electron chi connectivity index (χ0n) is 8.56. The van der Waals surface area contributed by atoms with Crippen molar-refractivity contribution in [2.24, 2.45) is 5.73 Å². The average molecular weight is 236 g/mol. The van der Waals surface area contributed by atoms with Crippen LogP contribution in [0.4, 0.5) is 4.79 Å². The van der Waals surface area contributed by atoms with Crippen molar-refractivity contribution in [3.8, 4) is 0 Å². The number of carbonyl (C=O) groups excluding carboxylic acids is 1. The van der Waals surface area contributed by atoms with E-state index in [0.717, 1.165) is 12.2 Å². The molecule has 0 aliphatic carbocycles. The molecule has 0 radical (unpaired) electrons. The van der Waals surface area contributed by atoms with Crippen LogP contribution >= 0.6 is 11.8 Å². The number of thioether (sulfide) groups is 1. The fraction of sp³-hybridized carbons (Fsp3) is 0.750. The second kappa shape index (κ2) is 8.37. The van der Waals surface area contributed by atoms with Crippen LogP contribution in [0.2, 0.25) is 0 Å². The van der Waals surface area contributed by atoms with Crippen molar-refractivity contribution < 1.29 is 19.4 Å². The first-order chi connectivity index (χ1) is 7.07. The van der Waals surface area contributed by atoms with E-state index in [0.29, 0.717) is 12.3 Å². The minimum Gasteiger partial charge on any atom is -0.480 e. The molecule has 0 aromatic carbocycles. The Morgan fingerprint density at radius 2 is 2.27 bits per heavy atom. The van der Waals surface area contributed by atoms with Gasteiger partial charge in [0.1, 0.15) is 6.04 Å². The van der Waals surface area contributed by atoms with E-state index >= 15 is 0 Å². The number of hydrogen-bond acceptors (Lipinski definition) is 5. The largest absolute Gasteiger partial charge is 0.480 e. The van der Waals surface area contributed by atoms with Crippen molar-refractivity contribution in [3.63, 3.8) is 0 Å². The molecule has 0 aliphatic heterocycles. The number of carboxylic acid groups (broad SMARTS) is 1. The van der Waals surface area contributed by atoms with Crippen molar-refractivity contribution in [2.75, 3.05) is 25.2 Å². The SMILES string of the molecule is COC(=O)NCCCSC[C@H](N)C(=O)O. The Labute approximate surface area is 92.5 Å². The molecule has 7 heteroatoms. The first-order valence-electron chi connectivity index (χ1n) is 4.46. The standard InChI is InChI=1S/C8H16N2O4S/c1-14-8(13)10-3-2-4-15-5-6(9)7(11)12/h6H,2-5,9H2,1H3,(H,10,13)(H,11,12)/t6-/m0/s1. The lowest BCUT2D eigenvalue weighted by Crippen LogP contribution is -2.32. The average Bonchev–Trinajstić information content (AvgIpc) is 2.22. The molecule has 1 amide bonds. The Balaban J connectivity index is 3.25. The second-order valence-corrected chi connectivity index (χ2v) is 3.94. The maximum absolute atomic E-state index is 10.6. The highest BCUT2D eigenvalue weighted by molar-refractivity contribution is 7.99. The van der Waals surface area contributed by atoms with Crippen molar-refractivity contribution in [2.45, 2.75) is 12.5 Å². The molecule has 0 spiro atoms. The van der Waals surface area contributed by atoms with Crippen LogP contribution in [0.1, 0.15) is 6.42 Å². The summed E-state index contributed by atoms with van der Waals surface area (Å²) in [5.41, 5.74) is 5.29. The monoisotopic (exact) mass is 236 g/mol. The molecule has 1 atom stereocenters. The molecule has 0 bridgehead atoms. The lowest BCUT2D eigenvalue weighted by Gasteiger charge is -2.06. The smallest absolute Gasteiger partial charge is 0.406 e. The van der Waals surface area contributed by atoms with Gasteiger partial charge in [0.2, 0.25) is 0 Å². The van der Waals surface area contributed by atoms with Gasteiger partial charge in [0, 0.05) is 12.3 Å². The lowest BCUT2D eigenvalue weighted by atomic mass is 10.4. The molecule has 0 saturated carbocycles. The molecular formula is C8H16N2O4S. The predicted octanol–water partition coefficient (Wildman–Crippen LogP) is -0.122. The second-order valence-electron chi connectivity index (χ2n) is 2.79. The molecule has 0 fully saturated rings. The minimum atomic E-state index is -0.991. The van der Waals surface area contributed by atoms with E-state index in [-0.39, 0.29) is 0 Å². The Hall–Kier alpha value is -0.950. The van der Waals surface area contributed by atoms with Gasteiger partial charge in [0.05, 0.1) is 7.11 Å². The molecule has 0 heterocycles. The molecule has 0 unspecified atom stereocenters. The summed E-state index contributed by atoms with van der Waals surface area (Å²) in [6, 6.07) is -0.816. The van der Waals surface area contributed by atoms with Crippen LogP contribution in [-0.2, 0) is 9.53 Å². The summed E-state index contributed by atoms with van der Waals surface area (Å²) in [4.78, 5) is 20.9. The van der Waals surface area contributed by atoms with E-state index in [4.69, 9.17) is 10.8 Å². The molecule has 0 rings (SSSR count). The summed E-state index contributed by atoms with van der Waals surface area (Å²) in [6.45, 7) is 0.516. The number of nitrogens with one attached hydrogen (secondary N) is 1. The first kappa shape index (κ1) is 14.1. The third kappa shape index (κ3) is 8.07. The molecule has 0 aliphatic rings. The van der Waals surface area contributed by atoms with E-state index < -0.39 is 18.1 Å². The van der Waals surface area contributed by atoms with E-state index in [2.05, 4.69) is 10.1 Å². The lowest BCUT2D eigenvalue weighted by molar-refractivity contribution is -0.137. The van der Waals surface area contributed by atoms with Gasteiger partial charge >= 0.3 is 12.1 Å². The van der Waals surface area contributed by atoms with Gasteiger partial charge in [-0.15, -0.1) is 0 Å². The number of rotatable bonds is 7. The summed E-state index contributed by atoms with van der Waals surface area (Å²) in [7, 11) is 1.30. The van der Waals surface area contributed by atoms with Crippen molar-refractivity contribution in [1.29, 1.82) is 0 Å². The Kier molecular flexibility index (Phi) is 7.84. The highest BCUT2D eigenvalue weighted by Gasteiger charge is 2.10. The summed E-state index contributed by atoms with van der Waals surface area (Å²) in [5.74, 6) is 0.147. The molecule has 88 valence electrons. The summed E-state index contributed by atoms with van der Waals surface area (Å²) < 4.78 is 4.37. The number of amides is 1. The highest BCUT2D eigenvalue weighted by Crippen LogP contribution is 2.03. The number of alkyl carbamates (subject to hydrolysis) is 1. The predicted molar refractivity (Wildman–Crippen MR) is 58.0 cm³/mol. The normalized spacial score (nSPS) is 11.9. The van der Waals surface area contributed by atoms with Gasteiger partial charge in [0.15, 0.2) is 0 Å². The third-order valence-electron chi connectivity index (χ3n) is 1.53. The molecule has 6 nitrogen and oxygen atoms in total. The molecule has 15 heavy (non-hydrogen) atoms. The van der Waals surface area contributed by atoms with Gasteiger partial charge in [-0.05, 0) is 12.2 Å². The van der Waals surface area contributed by atoms with Crippen molar-refractivity contribution >= 4 is 23.8 Å². The Morgan fingerprint density at radius 1 is 1.60 bits per heavy atom. The minimum absolute atomic E-state index is 0.382. The summed E-state index contributed by atoms with van der Waals surface area (Å²) in [6.07, 6.45) is 0.300. The van der Waals surface area contributed by atoms with Crippen molar-refractivity contribution in [3.05, 3.63) is 0 Å². The highest BCUT2D eigenvalue weighted by atomic mass is 32.2. The van der Waals surface area contributed by atoms with Gasteiger partial charge in [0.25, 0.3) is 0 Å². The van der Waals surface area contributed by atoms with E-state index in [1.54, 1.807) is 0 Å². The number of hydrogen-bond donors (Lipinski definition) is 3. The van der Waals surface area contributed by atoms with Gasteiger partial charge in [-0.3, -0.25) is 4.79 Å². The number of carboxylic acids is 1. The van der Waals surface area contributed by atoms with Gasteiger partial charge in [-0.1, -0.05) is 0 Å². The third-order valence-corrected chi connectivity index (χ3v) is 2.71. The van der Waals surface area contributed by atoms with Crippen LogP contribution in [-0.4, -0.2) is 48.4 Å². The molecule has 4 N–H and O–H groups in total. The maximum atomic E-state index is 10.6. The number of carbonyl (C=O) groups is 2. The zero-order chi connectivity index (χ0) is 11.7. The molecule has 0 aromatic rings. The fourth-order valence-electron chi connectivity index (χ4n) is 0.718. The number of nitrogens with two attached hydrogens (primary N) is 1. The van der Waals surface area contributed by atoms with Crippen molar-refractivity contribution in [1.82, 2.24) is 5.32 Å². The first-order valence-corrected chi connectivity index (χ1v) is 5.61. The van der Waals surface area contributed by atoms with Crippen LogP contribution in [0.3, 0.4) is 0 Å². The maximum Gasteiger partial charge on any atom is 0.406 e. The molecular weight excluding hydrogens is 220 g/mol. The quantitative estimate of drug-likeness (QED) is 0.533. The van der Waals surface area contributed by atoms with Crippen LogP contribution in [0.5, 0.6) is 0 Å². The van der Waals surface area contributed by atoms with Crippen LogP contribution in [0.25, 0.3) is 0 Å². The van der Waals surface area contributed by atoms with Gasteiger partial charge in [-0.2, -0.15) is 11.8 Å². The molecule has 0 saturated heterocycles. The summed E-state index contributed by atoms with van der Waals surface area (Å²) >= 11 is 1.45. The number of methoxy groups -OCH3 is 1. The van der Waals surface area contributed by atoms with E-state index in [1.165, 1.54) is 18.9 Å². The van der Waals surface area contributed by atoms with E-state index in [9.17, 15) is 9.59 Å². The van der Waals surface area contributed by atoms with Crippen LogP contribution in [0, 0.1) is 0 Å². The molecule has 0 aromatic heterocycles. The zero-order valence-corrected chi connectivity index (χ0v) is 9.38. The Bertz CT molecular complexity index is 213. The summed E-state index contributed by atoms with van der Waals surface area (Å²) in [5, 5.41) is 11.0. The van der Waals surface area contributed by atoms with Gasteiger partial charge in [-0.25, -0.2) is 4.79 Å². The van der Waals surface area contributed by atoms with Crippen LogP contribution < -0.4 is 11.1 Å². The van der Waals surface area contributed by atoms with E-state index in [1.807, 2.05) is 0 Å².